The van der Waals surface area contributed by atoms with Crippen molar-refractivity contribution in [2.24, 2.45) is 0 Å². The Morgan fingerprint density at radius 3 is 1.23 bits per heavy atom. The fourth-order valence-corrected chi connectivity index (χ4v) is 9.91. The third-order valence-electron chi connectivity index (χ3n) is 14.9. The van der Waals surface area contributed by atoms with E-state index in [0.29, 0.717) is 6.42 Å². The zero-order valence-electron chi connectivity index (χ0n) is 47.6. The normalized spacial score (nSPS) is 19.4. The molecule has 1 saturated heterocycles. The molecular weight excluding hydrogens is 911 g/mol. The van der Waals surface area contributed by atoms with E-state index in [1.165, 1.54) is 231 Å². The van der Waals surface area contributed by atoms with Crippen molar-refractivity contribution in [2.75, 3.05) is 13.2 Å². The highest BCUT2D eigenvalue weighted by atomic mass is 16.7. The lowest BCUT2D eigenvalue weighted by Crippen LogP contribution is -2.60. The van der Waals surface area contributed by atoms with Gasteiger partial charge in [0.05, 0.1) is 25.4 Å². The topological polar surface area (TPSA) is 149 Å². The Morgan fingerprint density at radius 1 is 0.466 bits per heavy atom. The molecule has 0 saturated carbocycles. The molecule has 0 aromatic carbocycles. The number of ether oxygens (including phenoxy) is 2. The van der Waals surface area contributed by atoms with Gasteiger partial charge in [0.15, 0.2) is 6.29 Å². The van der Waals surface area contributed by atoms with Crippen LogP contribution in [0.2, 0.25) is 0 Å². The highest BCUT2D eigenvalue weighted by Gasteiger charge is 2.44. The van der Waals surface area contributed by atoms with Crippen molar-refractivity contribution in [1.82, 2.24) is 5.32 Å². The summed E-state index contributed by atoms with van der Waals surface area (Å²) >= 11 is 0. The quantitative estimate of drug-likeness (QED) is 0.0261. The fraction of sp³-hybridized carbons (Fsp3) is 0.859. The molecule has 1 fully saturated rings. The minimum absolute atomic E-state index is 0.183. The molecule has 9 nitrogen and oxygen atoms in total. The molecule has 1 aliphatic heterocycles. The molecule has 1 heterocycles. The molecule has 0 bridgehead atoms. The fourth-order valence-electron chi connectivity index (χ4n) is 9.91. The minimum Gasteiger partial charge on any atom is -0.394 e. The van der Waals surface area contributed by atoms with Crippen molar-refractivity contribution in [3.05, 3.63) is 48.6 Å². The summed E-state index contributed by atoms with van der Waals surface area (Å²) in [4.78, 5) is 13.0. The first-order valence-corrected chi connectivity index (χ1v) is 31.4. The van der Waals surface area contributed by atoms with Gasteiger partial charge in [0.1, 0.15) is 24.4 Å². The number of nitrogens with one attached hydrogen (secondary N) is 1. The molecular formula is C64H119NO8. The zero-order chi connectivity index (χ0) is 52.9. The van der Waals surface area contributed by atoms with Crippen LogP contribution in [-0.4, -0.2) is 87.5 Å². The maximum Gasteiger partial charge on any atom is 0.220 e. The highest BCUT2D eigenvalue weighted by Crippen LogP contribution is 2.23. The molecule has 0 radical (unpaired) electrons. The number of allylic oxidation sites excluding steroid dienone is 7. The van der Waals surface area contributed by atoms with Gasteiger partial charge in [-0.2, -0.15) is 0 Å². The number of amides is 1. The summed E-state index contributed by atoms with van der Waals surface area (Å²) < 4.78 is 11.2. The number of carbonyl (C=O) groups is 1. The van der Waals surface area contributed by atoms with Gasteiger partial charge in [-0.1, -0.05) is 274 Å². The van der Waals surface area contributed by atoms with E-state index in [1.807, 2.05) is 6.08 Å². The second-order valence-electron chi connectivity index (χ2n) is 21.8. The van der Waals surface area contributed by atoms with Gasteiger partial charge >= 0.3 is 0 Å². The summed E-state index contributed by atoms with van der Waals surface area (Å²) in [5.74, 6) is -0.183. The lowest BCUT2D eigenvalue weighted by Gasteiger charge is -2.40. The van der Waals surface area contributed by atoms with Gasteiger partial charge in [0.25, 0.3) is 0 Å². The first-order valence-electron chi connectivity index (χ1n) is 31.4. The lowest BCUT2D eigenvalue weighted by molar-refractivity contribution is -0.302. The van der Waals surface area contributed by atoms with E-state index in [2.05, 4.69) is 55.6 Å². The van der Waals surface area contributed by atoms with Gasteiger partial charge in [-0.3, -0.25) is 4.79 Å². The van der Waals surface area contributed by atoms with E-state index in [0.717, 1.165) is 44.9 Å². The van der Waals surface area contributed by atoms with Crippen molar-refractivity contribution in [1.29, 1.82) is 0 Å². The van der Waals surface area contributed by atoms with Crippen LogP contribution in [0.15, 0.2) is 48.6 Å². The van der Waals surface area contributed by atoms with Crippen LogP contribution in [0, 0.1) is 0 Å². The molecule has 9 heteroatoms. The van der Waals surface area contributed by atoms with E-state index in [4.69, 9.17) is 9.47 Å². The zero-order valence-corrected chi connectivity index (χ0v) is 47.6. The maximum absolute atomic E-state index is 13.0. The average molecular weight is 1030 g/mol. The second-order valence-corrected chi connectivity index (χ2v) is 21.8. The maximum atomic E-state index is 13.0. The van der Waals surface area contributed by atoms with Gasteiger partial charge in [0.2, 0.25) is 5.91 Å². The number of hydrogen-bond donors (Lipinski definition) is 6. The largest absolute Gasteiger partial charge is 0.394 e. The van der Waals surface area contributed by atoms with Gasteiger partial charge in [-0.05, 0) is 64.2 Å². The molecule has 0 aromatic rings. The minimum atomic E-state index is -1.57. The Kier molecular flexibility index (Phi) is 50.7. The Labute approximate surface area is 450 Å². The molecule has 7 unspecified atom stereocenters. The van der Waals surface area contributed by atoms with Crippen LogP contribution in [0.25, 0.3) is 0 Å². The molecule has 1 rings (SSSR count). The third-order valence-corrected chi connectivity index (χ3v) is 14.9. The number of aliphatic hydroxyl groups is 5. The molecule has 6 N–H and O–H groups in total. The Morgan fingerprint density at radius 2 is 0.822 bits per heavy atom. The summed E-state index contributed by atoms with van der Waals surface area (Å²) in [6.07, 6.45) is 65.1. The standard InChI is InChI=1S/C64H119NO8/c1-3-5-7-9-11-13-15-17-18-19-20-21-22-23-24-25-26-27-28-29-30-31-32-33-34-35-36-37-38-39-40-42-44-46-48-50-52-54-60(68)65-57(56-72-64-63(71)62(70)61(69)59(55-66)73-64)58(67)53-51-49-47-45-43-41-16-14-12-10-8-6-4-2/h15,17,19-20,43,45,51,53,57-59,61-64,66-67,69-71H,3-14,16,18,21-42,44,46-50,52,54-56H2,1-2H3,(H,65,68)/b17-15-,20-19-,45-43+,53-51+. The Balaban J connectivity index is 2.05. The van der Waals surface area contributed by atoms with Crippen LogP contribution < -0.4 is 5.32 Å². The second kappa shape index (κ2) is 53.5. The third kappa shape index (κ3) is 42.9. The lowest BCUT2D eigenvalue weighted by atomic mass is 9.99. The number of carbonyl (C=O) groups excluding carboxylic acids is 1. The summed E-state index contributed by atoms with van der Waals surface area (Å²) in [6, 6.07) is -0.820. The van der Waals surface area contributed by atoms with Crippen LogP contribution in [0.4, 0.5) is 0 Å². The smallest absolute Gasteiger partial charge is 0.220 e. The van der Waals surface area contributed by atoms with Crippen LogP contribution in [0.5, 0.6) is 0 Å². The van der Waals surface area contributed by atoms with Gasteiger partial charge in [0, 0.05) is 6.42 Å². The number of aliphatic hydroxyl groups excluding tert-OH is 5. The van der Waals surface area contributed by atoms with Crippen LogP contribution >= 0.6 is 0 Å². The van der Waals surface area contributed by atoms with Crippen molar-refractivity contribution in [3.8, 4) is 0 Å². The van der Waals surface area contributed by atoms with Crippen molar-refractivity contribution >= 4 is 5.91 Å². The van der Waals surface area contributed by atoms with Gasteiger partial charge < -0.3 is 40.3 Å². The average Bonchev–Trinajstić information content (AvgIpc) is 3.39. The van der Waals surface area contributed by atoms with Crippen LogP contribution in [0.3, 0.4) is 0 Å². The number of rotatable bonds is 54. The monoisotopic (exact) mass is 1030 g/mol. The van der Waals surface area contributed by atoms with Gasteiger partial charge in [-0.15, -0.1) is 0 Å². The molecule has 0 aromatic heterocycles. The van der Waals surface area contributed by atoms with Crippen molar-refractivity contribution in [2.45, 2.75) is 339 Å². The molecule has 0 aliphatic carbocycles. The van der Waals surface area contributed by atoms with Gasteiger partial charge in [-0.25, -0.2) is 0 Å². The molecule has 428 valence electrons. The molecule has 0 spiro atoms. The first-order chi connectivity index (χ1) is 35.8. The van der Waals surface area contributed by atoms with Crippen LogP contribution in [0.1, 0.15) is 296 Å². The summed E-state index contributed by atoms with van der Waals surface area (Å²) in [5, 5.41) is 54.4. The molecule has 1 amide bonds. The van der Waals surface area contributed by atoms with E-state index in [1.54, 1.807) is 6.08 Å². The number of hydrogen-bond acceptors (Lipinski definition) is 8. The Hall–Kier alpha value is -1.85. The predicted molar refractivity (Wildman–Crippen MR) is 309 cm³/mol. The highest BCUT2D eigenvalue weighted by molar-refractivity contribution is 5.76. The first kappa shape index (κ1) is 69.2. The number of unbranched alkanes of at least 4 members (excludes halogenated alkanes) is 38. The van der Waals surface area contributed by atoms with E-state index in [-0.39, 0.29) is 12.5 Å². The van der Waals surface area contributed by atoms with E-state index >= 15 is 0 Å². The van der Waals surface area contributed by atoms with Crippen molar-refractivity contribution in [3.63, 3.8) is 0 Å². The summed E-state index contributed by atoms with van der Waals surface area (Å²) in [5.41, 5.74) is 0. The Bertz CT molecular complexity index is 1290. The van der Waals surface area contributed by atoms with Crippen molar-refractivity contribution < 1.29 is 39.8 Å². The summed E-state index contributed by atoms with van der Waals surface area (Å²) in [6.45, 7) is 3.76. The molecule has 7 atom stereocenters. The molecule has 73 heavy (non-hydrogen) atoms. The van der Waals surface area contributed by atoms with Crippen LogP contribution in [-0.2, 0) is 14.3 Å². The van der Waals surface area contributed by atoms with E-state index < -0.39 is 49.5 Å². The molecule has 1 aliphatic rings. The summed E-state index contributed by atoms with van der Waals surface area (Å²) in [7, 11) is 0. The SMILES string of the molecule is CCCCCCC/C=C\C/C=C\CCCCCCCCCCCCCCCCCCCCCCCCCCCC(=O)NC(COC1OC(CO)C(O)C(O)C1O)C(O)/C=C/CC/C=C/CCCCCCCCC. The van der Waals surface area contributed by atoms with E-state index in [9.17, 15) is 30.3 Å². The predicted octanol–water partition coefficient (Wildman–Crippen LogP) is 16.1.